The van der Waals surface area contributed by atoms with E-state index >= 15 is 0 Å². The lowest BCUT2D eigenvalue weighted by atomic mass is 10.1. The molecule has 0 fully saturated rings. The Bertz CT molecular complexity index is 1910. The van der Waals surface area contributed by atoms with Gasteiger partial charge >= 0.3 is 0 Å². The third kappa shape index (κ3) is 9.70. The molecule has 7 nitrogen and oxygen atoms in total. The second-order valence-corrected chi connectivity index (χ2v) is 12.7. The highest BCUT2D eigenvalue weighted by atomic mass is 32.2. The Labute approximate surface area is 285 Å². The number of hydrogen-bond acceptors (Lipinski definition) is 5. The molecule has 0 aromatic heterocycles. The van der Waals surface area contributed by atoms with Gasteiger partial charge < -0.3 is 20.7 Å². The van der Waals surface area contributed by atoms with Crippen LogP contribution in [0.3, 0.4) is 0 Å². The van der Waals surface area contributed by atoms with Crippen molar-refractivity contribution < 1.29 is 19.1 Å². The first-order valence-electron chi connectivity index (χ1n) is 15.5. The largest absolute Gasteiger partial charge is 0.489 e. The van der Waals surface area contributed by atoms with Gasteiger partial charge in [-0.3, -0.25) is 14.4 Å². The minimum absolute atomic E-state index is 0.0705. The van der Waals surface area contributed by atoms with Crippen LogP contribution in [0.5, 0.6) is 5.75 Å². The van der Waals surface area contributed by atoms with Crippen molar-refractivity contribution in [2.24, 2.45) is 0 Å². The second kappa shape index (κ2) is 16.3. The van der Waals surface area contributed by atoms with E-state index < -0.39 is 17.1 Å². The summed E-state index contributed by atoms with van der Waals surface area (Å²) < 4.78 is 5.90. The lowest BCUT2D eigenvalue weighted by Gasteiger charge is -2.15. The molecule has 1 unspecified atom stereocenters. The monoisotopic (exact) mass is 655 g/mol. The first-order valence-corrected chi connectivity index (χ1v) is 16.4. The highest BCUT2D eigenvalue weighted by Crippen LogP contribution is 2.28. The minimum Gasteiger partial charge on any atom is -0.489 e. The molecule has 5 rings (SSSR count). The van der Waals surface area contributed by atoms with Crippen LogP contribution in [-0.4, -0.2) is 23.0 Å². The number of rotatable bonds is 12. The lowest BCUT2D eigenvalue weighted by Crippen LogP contribution is -2.30. The van der Waals surface area contributed by atoms with Crippen molar-refractivity contribution in [3.63, 3.8) is 0 Å². The summed E-state index contributed by atoms with van der Waals surface area (Å²) in [6.07, 6.45) is 1.62. The molecular weight excluding hydrogens is 619 g/mol. The zero-order chi connectivity index (χ0) is 33.9. The molecule has 0 aliphatic carbocycles. The topological polar surface area (TPSA) is 96.5 Å². The molecule has 3 N–H and O–H groups in total. The van der Waals surface area contributed by atoms with E-state index in [1.807, 2.05) is 112 Å². The maximum atomic E-state index is 13.6. The highest BCUT2D eigenvalue weighted by Gasteiger charge is 2.18. The van der Waals surface area contributed by atoms with Gasteiger partial charge in [0.25, 0.3) is 11.8 Å². The average Bonchev–Trinajstić information content (AvgIpc) is 3.10. The third-order valence-corrected chi connectivity index (χ3v) is 8.49. The molecule has 1 atom stereocenters. The van der Waals surface area contributed by atoms with Gasteiger partial charge in [-0.05, 0) is 97.6 Å². The van der Waals surface area contributed by atoms with E-state index in [1.165, 1.54) is 11.8 Å². The predicted molar refractivity (Wildman–Crippen MR) is 194 cm³/mol. The van der Waals surface area contributed by atoms with Crippen LogP contribution in [0.2, 0.25) is 0 Å². The van der Waals surface area contributed by atoms with Gasteiger partial charge in [0.1, 0.15) is 18.1 Å². The first-order chi connectivity index (χ1) is 23.2. The lowest BCUT2D eigenvalue weighted by molar-refractivity contribution is -0.115. The Hall–Kier alpha value is -5.60. The van der Waals surface area contributed by atoms with Gasteiger partial charge in [-0.1, -0.05) is 78.9 Å². The van der Waals surface area contributed by atoms with Crippen LogP contribution in [0, 0.1) is 13.8 Å². The van der Waals surface area contributed by atoms with Crippen molar-refractivity contribution in [1.29, 1.82) is 0 Å². The van der Waals surface area contributed by atoms with Crippen LogP contribution >= 0.6 is 11.8 Å². The Kier molecular flexibility index (Phi) is 11.5. The van der Waals surface area contributed by atoms with Gasteiger partial charge in [0, 0.05) is 21.8 Å². The summed E-state index contributed by atoms with van der Waals surface area (Å²) in [5, 5.41) is 8.31. The summed E-state index contributed by atoms with van der Waals surface area (Å²) in [5.74, 6) is -0.339. The Morgan fingerprint density at radius 2 is 1.48 bits per heavy atom. The summed E-state index contributed by atoms with van der Waals surface area (Å²) in [6.45, 7) is 6.22. The average molecular weight is 656 g/mol. The molecule has 0 saturated heterocycles. The molecule has 0 aliphatic rings. The molecule has 48 heavy (non-hydrogen) atoms. The van der Waals surface area contributed by atoms with Crippen LogP contribution in [0.25, 0.3) is 6.08 Å². The number of benzene rings is 5. The van der Waals surface area contributed by atoms with Crippen LogP contribution < -0.4 is 20.7 Å². The fourth-order valence-corrected chi connectivity index (χ4v) is 5.64. The van der Waals surface area contributed by atoms with Crippen molar-refractivity contribution in [3.05, 3.63) is 161 Å². The molecule has 0 aliphatic heterocycles. The van der Waals surface area contributed by atoms with Crippen LogP contribution in [0.4, 0.5) is 11.4 Å². The van der Waals surface area contributed by atoms with Crippen molar-refractivity contribution in [3.8, 4) is 5.75 Å². The third-order valence-electron chi connectivity index (χ3n) is 7.39. The van der Waals surface area contributed by atoms with E-state index in [-0.39, 0.29) is 11.6 Å². The van der Waals surface area contributed by atoms with E-state index in [9.17, 15) is 14.4 Å². The summed E-state index contributed by atoms with van der Waals surface area (Å²) in [5.41, 5.74) is 5.63. The molecule has 5 aromatic rings. The molecule has 0 saturated carbocycles. The van der Waals surface area contributed by atoms with Gasteiger partial charge in [-0.25, -0.2) is 0 Å². The van der Waals surface area contributed by atoms with Crippen molar-refractivity contribution in [1.82, 2.24) is 5.32 Å². The number of amides is 3. The molecule has 0 bridgehead atoms. The van der Waals surface area contributed by atoms with E-state index in [0.717, 1.165) is 27.3 Å². The van der Waals surface area contributed by atoms with Gasteiger partial charge in [-0.15, -0.1) is 11.8 Å². The van der Waals surface area contributed by atoms with Crippen molar-refractivity contribution >= 4 is 46.9 Å². The maximum absolute atomic E-state index is 13.6. The number of carbonyl (C=O) groups excluding carboxylic acids is 3. The Morgan fingerprint density at radius 3 is 2.21 bits per heavy atom. The van der Waals surface area contributed by atoms with E-state index in [0.29, 0.717) is 29.2 Å². The fraction of sp³-hybridized carbons (Fsp3) is 0.125. The van der Waals surface area contributed by atoms with Crippen LogP contribution in [0.15, 0.2) is 138 Å². The quantitative estimate of drug-likeness (QED) is 0.0927. The van der Waals surface area contributed by atoms with Crippen molar-refractivity contribution in [2.45, 2.75) is 37.5 Å². The van der Waals surface area contributed by atoms with Gasteiger partial charge in [0.05, 0.1) is 5.25 Å². The Morgan fingerprint density at radius 1 is 0.771 bits per heavy atom. The minimum atomic E-state index is -0.494. The first kappa shape index (κ1) is 33.8. The van der Waals surface area contributed by atoms with Crippen molar-refractivity contribution in [2.75, 3.05) is 10.6 Å². The number of nitrogens with one attached hydrogen (secondary N) is 3. The normalized spacial score (nSPS) is 11.7. The predicted octanol–water partition coefficient (Wildman–Crippen LogP) is 8.41. The number of ether oxygens (including phenoxy) is 1. The molecule has 242 valence electrons. The maximum Gasteiger partial charge on any atom is 0.272 e. The number of anilines is 2. The Balaban J connectivity index is 1.28. The summed E-state index contributed by atoms with van der Waals surface area (Å²) >= 11 is 1.39. The fourth-order valence-electron chi connectivity index (χ4n) is 4.72. The van der Waals surface area contributed by atoms with E-state index in [1.54, 1.807) is 42.5 Å². The van der Waals surface area contributed by atoms with E-state index in [4.69, 9.17) is 4.74 Å². The van der Waals surface area contributed by atoms with Crippen LogP contribution in [-0.2, 0) is 16.2 Å². The smallest absolute Gasteiger partial charge is 0.272 e. The molecule has 0 radical (unpaired) electrons. The zero-order valence-electron chi connectivity index (χ0n) is 27.0. The second-order valence-electron chi connectivity index (χ2n) is 11.3. The number of carbonyl (C=O) groups is 3. The molecule has 0 spiro atoms. The molecule has 8 heteroatoms. The summed E-state index contributed by atoms with van der Waals surface area (Å²) in [6, 6.07) is 39.1. The standard InChI is InChI=1S/C40H37N3O4S/c1-27-17-18-28(2)36(23-27)42-38(44)29(3)48-35-16-10-15-33(25-35)41-40(46)37(43-39(45)32-13-8-5-9-14-32)24-30-19-21-34(22-20-30)47-26-31-11-6-4-7-12-31/h4-25,29H,26H2,1-3H3,(H,41,46)(H,42,44)(H,43,45)/b37-24+. The summed E-state index contributed by atoms with van der Waals surface area (Å²) in [7, 11) is 0. The van der Waals surface area contributed by atoms with Gasteiger partial charge in [-0.2, -0.15) is 0 Å². The van der Waals surface area contributed by atoms with Gasteiger partial charge in [0.15, 0.2) is 0 Å². The number of thioether (sulfide) groups is 1. The summed E-state index contributed by atoms with van der Waals surface area (Å²) in [4.78, 5) is 40.5. The zero-order valence-corrected chi connectivity index (χ0v) is 27.8. The van der Waals surface area contributed by atoms with E-state index in [2.05, 4.69) is 16.0 Å². The SMILES string of the molecule is Cc1ccc(C)c(NC(=O)C(C)Sc2cccc(NC(=O)/C(=C\c3ccc(OCc4ccccc4)cc3)NC(=O)c3ccccc3)c2)c1. The number of hydrogen-bond donors (Lipinski definition) is 3. The number of aryl methyl sites for hydroxylation is 2. The van der Waals surface area contributed by atoms with Crippen LogP contribution in [0.1, 0.15) is 39.5 Å². The van der Waals surface area contributed by atoms with Gasteiger partial charge in [0.2, 0.25) is 5.91 Å². The molecule has 0 heterocycles. The highest BCUT2D eigenvalue weighted by molar-refractivity contribution is 8.00. The molecule has 5 aromatic carbocycles. The molecule has 3 amide bonds. The molecular formula is C40H37N3O4S.